The number of β-amino-alcohol motifs (C(OH)–C–C–N with tert-alkyl or cyclic N) is 1. The van der Waals surface area contributed by atoms with E-state index in [2.05, 4.69) is 15.2 Å². The Hall–Kier alpha value is -1.18. The van der Waals surface area contributed by atoms with Gasteiger partial charge in [-0.1, -0.05) is 0 Å². The van der Waals surface area contributed by atoms with Gasteiger partial charge in [0.2, 0.25) is 5.91 Å². The molecule has 0 saturated carbocycles. The lowest BCUT2D eigenvalue weighted by Crippen LogP contribution is -2.39. The highest BCUT2D eigenvalue weighted by Crippen LogP contribution is 2.19. The van der Waals surface area contributed by atoms with Crippen LogP contribution in [-0.4, -0.2) is 53.2 Å². The predicted molar refractivity (Wildman–Crippen MR) is 84.3 cm³/mol. The van der Waals surface area contributed by atoms with E-state index in [1.54, 1.807) is 0 Å². The van der Waals surface area contributed by atoms with Gasteiger partial charge >= 0.3 is 0 Å². The Bertz CT molecular complexity index is 478. The zero-order chi connectivity index (χ0) is 15.2. The number of hydrogen-bond donors (Lipinski definition) is 3. The van der Waals surface area contributed by atoms with Gasteiger partial charge in [-0.2, -0.15) is 0 Å². The topological polar surface area (TPSA) is 91.5 Å². The lowest BCUT2D eigenvalue weighted by Gasteiger charge is -2.29. The molecule has 118 valence electrons. The predicted octanol–water partition coefficient (Wildman–Crippen LogP) is 0.539. The van der Waals surface area contributed by atoms with Crippen LogP contribution in [0.1, 0.15) is 29.8 Å². The number of nitrogens with two attached hydrogens (primary N) is 1. The zero-order valence-electron chi connectivity index (χ0n) is 12.5. The maximum atomic E-state index is 11.9. The van der Waals surface area contributed by atoms with E-state index in [0.29, 0.717) is 18.1 Å². The molecule has 1 unspecified atom stereocenters. The van der Waals surface area contributed by atoms with Crippen molar-refractivity contribution in [2.24, 2.45) is 0 Å². The van der Waals surface area contributed by atoms with Crippen molar-refractivity contribution in [2.45, 2.75) is 38.7 Å². The molecule has 6 nitrogen and oxygen atoms in total. The molecule has 0 aliphatic carbocycles. The largest absolute Gasteiger partial charge is 0.392 e. The highest BCUT2D eigenvalue weighted by atomic mass is 32.1. The number of aliphatic hydroxyl groups is 1. The van der Waals surface area contributed by atoms with Crippen LogP contribution < -0.4 is 11.1 Å². The van der Waals surface area contributed by atoms with Crippen LogP contribution in [0.3, 0.4) is 0 Å². The molecule has 0 aromatic carbocycles. The summed E-state index contributed by atoms with van der Waals surface area (Å²) >= 11 is 1.37. The summed E-state index contributed by atoms with van der Waals surface area (Å²) in [5.41, 5.74) is 6.46. The third-order valence-corrected chi connectivity index (χ3v) is 4.67. The van der Waals surface area contributed by atoms with Gasteiger partial charge in [0.25, 0.3) is 0 Å². The smallest absolute Gasteiger partial charge is 0.225 e. The van der Waals surface area contributed by atoms with Crippen molar-refractivity contribution in [1.82, 2.24) is 15.2 Å². The zero-order valence-corrected chi connectivity index (χ0v) is 13.3. The molecule has 1 aromatic rings. The quantitative estimate of drug-likeness (QED) is 0.667. The third kappa shape index (κ3) is 5.26. The molecule has 7 heteroatoms. The van der Waals surface area contributed by atoms with E-state index in [9.17, 15) is 9.90 Å². The van der Waals surface area contributed by atoms with Gasteiger partial charge in [-0.05, 0) is 39.3 Å². The number of carbonyl (C=O) groups excluding carboxylic acids is 1. The second kappa shape index (κ2) is 7.72. The standard InChI is InChI=1S/C14H24N4O2S/c1-10-12(21-14(15)17-10)8-13(20)16-5-3-7-18-6-2-4-11(19)9-18/h11,19H,2-9H2,1H3,(H2,15,17)(H,16,20). The first-order valence-electron chi connectivity index (χ1n) is 7.43. The second-order valence-electron chi connectivity index (χ2n) is 5.54. The number of carbonyl (C=O) groups is 1. The Morgan fingerprint density at radius 2 is 2.43 bits per heavy atom. The molecule has 0 spiro atoms. The van der Waals surface area contributed by atoms with E-state index >= 15 is 0 Å². The molecule has 1 aliphatic heterocycles. The number of nitrogens with zero attached hydrogens (tertiary/aromatic N) is 2. The number of nitrogen functional groups attached to an aromatic ring is 1. The normalized spacial score (nSPS) is 19.6. The third-order valence-electron chi connectivity index (χ3n) is 3.68. The van der Waals surface area contributed by atoms with E-state index in [-0.39, 0.29) is 12.0 Å². The molecule has 1 saturated heterocycles. The van der Waals surface area contributed by atoms with Gasteiger partial charge in [0.1, 0.15) is 0 Å². The fourth-order valence-electron chi connectivity index (χ4n) is 2.59. The monoisotopic (exact) mass is 312 g/mol. The summed E-state index contributed by atoms with van der Waals surface area (Å²) in [5.74, 6) is 0.0143. The van der Waals surface area contributed by atoms with Crippen molar-refractivity contribution in [3.8, 4) is 0 Å². The van der Waals surface area contributed by atoms with E-state index in [1.807, 2.05) is 6.92 Å². The highest BCUT2D eigenvalue weighted by Gasteiger charge is 2.17. The molecular formula is C14H24N4O2S. The number of aryl methyl sites for hydroxylation is 1. The molecule has 1 fully saturated rings. The Morgan fingerprint density at radius 1 is 1.62 bits per heavy atom. The number of nitrogens with one attached hydrogen (secondary N) is 1. The van der Waals surface area contributed by atoms with Crippen molar-refractivity contribution in [3.05, 3.63) is 10.6 Å². The number of aliphatic hydroxyl groups excluding tert-OH is 1. The summed E-state index contributed by atoms with van der Waals surface area (Å²) in [6.07, 6.45) is 3.03. The van der Waals surface area contributed by atoms with Crippen LogP contribution in [0.4, 0.5) is 5.13 Å². The van der Waals surface area contributed by atoms with E-state index in [4.69, 9.17) is 5.73 Å². The van der Waals surface area contributed by atoms with Gasteiger partial charge in [-0.15, -0.1) is 11.3 Å². The van der Waals surface area contributed by atoms with E-state index < -0.39 is 0 Å². The van der Waals surface area contributed by atoms with Crippen LogP contribution in [-0.2, 0) is 11.2 Å². The summed E-state index contributed by atoms with van der Waals surface area (Å²) in [6, 6.07) is 0. The summed E-state index contributed by atoms with van der Waals surface area (Å²) in [4.78, 5) is 19.2. The first kappa shape index (κ1) is 16.2. The minimum atomic E-state index is -0.187. The number of rotatable bonds is 6. The lowest BCUT2D eigenvalue weighted by molar-refractivity contribution is -0.120. The van der Waals surface area contributed by atoms with Crippen molar-refractivity contribution in [1.29, 1.82) is 0 Å². The summed E-state index contributed by atoms with van der Waals surface area (Å²) in [5, 5.41) is 13.0. The first-order chi connectivity index (χ1) is 10.0. The maximum Gasteiger partial charge on any atom is 0.225 e. The highest BCUT2D eigenvalue weighted by molar-refractivity contribution is 7.15. The van der Waals surface area contributed by atoms with Gasteiger partial charge in [-0.3, -0.25) is 4.79 Å². The molecular weight excluding hydrogens is 288 g/mol. The van der Waals surface area contributed by atoms with Crippen LogP contribution in [0.2, 0.25) is 0 Å². The van der Waals surface area contributed by atoms with Crippen molar-refractivity contribution >= 4 is 22.4 Å². The van der Waals surface area contributed by atoms with Gasteiger partial charge in [0, 0.05) is 18.0 Å². The van der Waals surface area contributed by atoms with Gasteiger partial charge in [0.15, 0.2) is 5.13 Å². The van der Waals surface area contributed by atoms with Gasteiger partial charge in [-0.25, -0.2) is 4.98 Å². The number of aromatic nitrogens is 1. The summed E-state index contributed by atoms with van der Waals surface area (Å²) < 4.78 is 0. The summed E-state index contributed by atoms with van der Waals surface area (Å²) in [6.45, 7) is 5.26. The number of anilines is 1. The Balaban J connectivity index is 1.62. The maximum absolute atomic E-state index is 11.9. The molecule has 1 aliphatic rings. The molecule has 2 heterocycles. The Labute approximate surface area is 129 Å². The van der Waals surface area contributed by atoms with Crippen LogP contribution in [0.5, 0.6) is 0 Å². The summed E-state index contributed by atoms with van der Waals surface area (Å²) in [7, 11) is 0. The van der Waals surface area contributed by atoms with Gasteiger partial charge < -0.3 is 21.1 Å². The average molecular weight is 312 g/mol. The van der Waals surface area contributed by atoms with Crippen LogP contribution in [0.15, 0.2) is 0 Å². The van der Waals surface area contributed by atoms with E-state index in [1.165, 1.54) is 11.3 Å². The van der Waals surface area contributed by atoms with Gasteiger partial charge in [0.05, 0.1) is 18.2 Å². The molecule has 1 amide bonds. The minimum Gasteiger partial charge on any atom is -0.392 e. The Morgan fingerprint density at radius 3 is 3.10 bits per heavy atom. The van der Waals surface area contributed by atoms with Crippen molar-refractivity contribution in [3.63, 3.8) is 0 Å². The minimum absolute atomic E-state index is 0.0143. The van der Waals surface area contributed by atoms with Crippen molar-refractivity contribution < 1.29 is 9.90 Å². The van der Waals surface area contributed by atoms with Crippen LogP contribution >= 0.6 is 11.3 Å². The number of hydrogen-bond acceptors (Lipinski definition) is 6. The molecule has 1 atom stereocenters. The number of thiazole rings is 1. The fraction of sp³-hybridized carbons (Fsp3) is 0.714. The number of likely N-dealkylation sites (tertiary alicyclic amines) is 1. The molecule has 2 rings (SSSR count). The van der Waals surface area contributed by atoms with E-state index in [0.717, 1.165) is 49.5 Å². The number of amides is 1. The molecule has 0 radical (unpaired) electrons. The Kier molecular flexibility index (Phi) is 5.96. The molecule has 4 N–H and O–H groups in total. The average Bonchev–Trinajstić information content (AvgIpc) is 2.73. The van der Waals surface area contributed by atoms with Crippen molar-refractivity contribution in [2.75, 3.05) is 31.9 Å². The molecule has 21 heavy (non-hydrogen) atoms. The van der Waals surface area contributed by atoms with Crippen LogP contribution in [0.25, 0.3) is 0 Å². The molecule has 1 aromatic heterocycles. The number of piperidine rings is 1. The van der Waals surface area contributed by atoms with Crippen LogP contribution in [0, 0.1) is 6.92 Å². The second-order valence-corrected chi connectivity index (χ2v) is 6.65. The first-order valence-corrected chi connectivity index (χ1v) is 8.25. The molecule has 0 bridgehead atoms. The SMILES string of the molecule is Cc1nc(N)sc1CC(=O)NCCCN1CCCC(O)C1. The lowest BCUT2D eigenvalue weighted by atomic mass is 10.1. The fourth-order valence-corrected chi connectivity index (χ4v) is 3.42.